The van der Waals surface area contributed by atoms with Crippen LogP contribution in [-0.4, -0.2) is 33.9 Å². The highest BCUT2D eigenvalue weighted by molar-refractivity contribution is 5.51. The van der Waals surface area contributed by atoms with E-state index in [1.807, 2.05) is 0 Å². The van der Waals surface area contributed by atoms with E-state index in [-0.39, 0.29) is 0 Å². The molecule has 2 nitrogen and oxygen atoms in total. The summed E-state index contributed by atoms with van der Waals surface area (Å²) in [5.41, 5.74) is 3.00. The molecule has 0 spiro atoms. The number of benzene rings is 1. The zero-order valence-electron chi connectivity index (χ0n) is 9.70. The Kier molecular flexibility index (Phi) is 3.08. The third-order valence-electron chi connectivity index (χ3n) is 3.46. The molecule has 1 atom stereocenters. The maximum Gasteiger partial charge on any atom is 0.135 e. The molecule has 1 aromatic rings. The Bertz CT molecular complexity index is 337. The molecular weight excluding hydrogens is 186 g/mol. The summed E-state index contributed by atoms with van der Waals surface area (Å²) in [6.07, 6.45) is 2.52. The number of fused-ring (bicyclic) bond motifs is 1. The summed E-state index contributed by atoms with van der Waals surface area (Å²) in [5, 5.41) is 0. The summed E-state index contributed by atoms with van der Waals surface area (Å²) in [7, 11) is 4.10. The normalized spacial score (nSPS) is 24.9. The van der Waals surface area contributed by atoms with E-state index in [0.717, 1.165) is 17.6 Å². The number of hydrogen-bond acceptors (Lipinski definition) is 1. The largest absolute Gasteiger partial charge is 0.379 e. The molecule has 1 aromatic carbocycles. The number of quaternary nitrogens is 1. The molecule has 15 heavy (non-hydrogen) atoms. The first-order valence-electron chi connectivity index (χ1n) is 5.68. The van der Waals surface area contributed by atoms with Crippen molar-refractivity contribution >= 4 is 5.69 Å². The lowest BCUT2D eigenvalue weighted by Gasteiger charge is -2.38. The van der Waals surface area contributed by atoms with Gasteiger partial charge in [-0.15, -0.1) is 0 Å². The Morgan fingerprint density at radius 1 is 1.33 bits per heavy atom. The molecule has 1 heterocycles. The molecule has 0 radical (unpaired) electrons. The van der Waals surface area contributed by atoms with E-state index in [2.05, 4.69) is 31.3 Å². The van der Waals surface area contributed by atoms with Gasteiger partial charge in [0, 0.05) is 19.1 Å². The van der Waals surface area contributed by atoms with Crippen LogP contribution in [0.4, 0.5) is 5.69 Å². The van der Waals surface area contributed by atoms with E-state index < -0.39 is 0 Å². The van der Waals surface area contributed by atoms with Gasteiger partial charge in [-0.3, -0.25) is 4.48 Å². The summed E-state index contributed by atoms with van der Waals surface area (Å²) in [5.74, 6) is 0. The third-order valence-corrected chi connectivity index (χ3v) is 3.46. The van der Waals surface area contributed by atoms with Crippen LogP contribution in [-0.2, 0) is 11.2 Å². The van der Waals surface area contributed by atoms with E-state index >= 15 is 0 Å². The molecule has 0 fully saturated rings. The molecule has 0 aliphatic carbocycles. The molecule has 0 saturated heterocycles. The summed E-state index contributed by atoms with van der Waals surface area (Å²) in [4.78, 5) is 0. The number of rotatable bonds is 3. The molecule has 82 valence electrons. The molecule has 0 aromatic heterocycles. The number of para-hydroxylation sites is 1. The first-order valence-corrected chi connectivity index (χ1v) is 5.68. The number of likely N-dealkylation sites (N-methyl/N-ethyl adjacent to an activating group) is 1. The molecule has 1 aliphatic heterocycles. The second kappa shape index (κ2) is 4.33. The minimum atomic E-state index is 0.838. The SMILES string of the molecule is COCC[N+]1(C)CCCc2ccccc21. The minimum absolute atomic E-state index is 0.838. The van der Waals surface area contributed by atoms with E-state index in [4.69, 9.17) is 4.74 Å². The van der Waals surface area contributed by atoms with Crippen LogP contribution in [0.1, 0.15) is 12.0 Å². The molecular formula is C13H20NO+. The predicted octanol–water partition coefficient (Wildman–Crippen LogP) is 2.22. The molecule has 2 rings (SSSR count). The number of nitrogens with zero attached hydrogens (tertiary/aromatic N) is 1. The van der Waals surface area contributed by atoms with Crippen molar-refractivity contribution in [2.24, 2.45) is 0 Å². The Morgan fingerprint density at radius 3 is 2.93 bits per heavy atom. The second-order valence-electron chi connectivity index (χ2n) is 4.57. The van der Waals surface area contributed by atoms with Gasteiger partial charge < -0.3 is 4.74 Å². The van der Waals surface area contributed by atoms with Gasteiger partial charge in [-0.05, 0) is 12.5 Å². The summed E-state index contributed by atoms with van der Waals surface area (Å²) in [6, 6.07) is 8.82. The van der Waals surface area contributed by atoms with Gasteiger partial charge in [0.1, 0.15) is 12.2 Å². The van der Waals surface area contributed by atoms with E-state index in [1.54, 1.807) is 7.11 Å². The first-order chi connectivity index (χ1) is 7.26. The van der Waals surface area contributed by atoms with Crippen molar-refractivity contribution in [1.29, 1.82) is 0 Å². The van der Waals surface area contributed by atoms with Crippen LogP contribution in [0.3, 0.4) is 0 Å². The molecule has 0 amide bonds. The summed E-state index contributed by atoms with van der Waals surface area (Å²) >= 11 is 0. The lowest BCUT2D eigenvalue weighted by molar-refractivity contribution is 0.158. The minimum Gasteiger partial charge on any atom is -0.379 e. The lowest BCUT2D eigenvalue weighted by Crippen LogP contribution is -2.50. The van der Waals surface area contributed by atoms with E-state index in [9.17, 15) is 0 Å². The first kappa shape index (κ1) is 10.7. The van der Waals surface area contributed by atoms with Crippen molar-refractivity contribution in [3.8, 4) is 0 Å². The summed E-state index contributed by atoms with van der Waals surface area (Å²) in [6.45, 7) is 3.15. The number of hydrogen-bond donors (Lipinski definition) is 0. The fourth-order valence-electron chi connectivity index (χ4n) is 2.51. The smallest absolute Gasteiger partial charge is 0.135 e. The van der Waals surface area contributed by atoms with Crippen LogP contribution in [0.25, 0.3) is 0 Å². The maximum absolute atomic E-state index is 5.21. The van der Waals surface area contributed by atoms with Crippen LogP contribution < -0.4 is 4.48 Å². The van der Waals surface area contributed by atoms with E-state index in [0.29, 0.717) is 0 Å². The highest BCUT2D eigenvalue weighted by Crippen LogP contribution is 2.31. The quantitative estimate of drug-likeness (QED) is 0.689. The van der Waals surface area contributed by atoms with Crippen molar-refractivity contribution in [1.82, 2.24) is 4.48 Å². The van der Waals surface area contributed by atoms with Crippen molar-refractivity contribution in [3.05, 3.63) is 29.8 Å². The van der Waals surface area contributed by atoms with Crippen molar-refractivity contribution in [2.45, 2.75) is 12.8 Å². The zero-order chi connectivity index (χ0) is 10.7. The Labute approximate surface area is 92.1 Å². The van der Waals surface area contributed by atoms with Crippen molar-refractivity contribution in [2.75, 3.05) is 33.9 Å². The Hall–Kier alpha value is -0.860. The molecule has 0 N–H and O–H groups in total. The van der Waals surface area contributed by atoms with Crippen molar-refractivity contribution < 1.29 is 4.74 Å². The molecule has 0 saturated carbocycles. The standard InChI is InChI=1S/C13H20NO/c1-14(10-11-15-2)9-5-7-12-6-3-4-8-13(12)14/h3-4,6,8H,5,7,9-11H2,1-2H3/q+1. The van der Waals surface area contributed by atoms with Gasteiger partial charge in [-0.25, -0.2) is 0 Å². The zero-order valence-corrected chi connectivity index (χ0v) is 9.70. The van der Waals surface area contributed by atoms with Gasteiger partial charge in [0.2, 0.25) is 0 Å². The van der Waals surface area contributed by atoms with Gasteiger partial charge in [-0.1, -0.05) is 18.2 Å². The predicted molar refractivity (Wildman–Crippen MR) is 64.1 cm³/mol. The highest BCUT2D eigenvalue weighted by Gasteiger charge is 2.30. The number of methoxy groups -OCH3 is 1. The lowest BCUT2D eigenvalue weighted by atomic mass is 10.00. The molecule has 1 aliphatic rings. The molecule has 2 heteroatoms. The Balaban J connectivity index is 2.27. The topological polar surface area (TPSA) is 9.23 Å². The van der Waals surface area contributed by atoms with Crippen LogP contribution in [0.15, 0.2) is 24.3 Å². The fourth-order valence-corrected chi connectivity index (χ4v) is 2.51. The van der Waals surface area contributed by atoms with E-state index in [1.165, 1.54) is 30.6 Å². The van der Waals surface area contributed by atoms with Crippen LogP contribution in [0, 0.1) is 0 Å². The average Bonchev–Trinajstić information content (AvgIpc) is 2.27. The van der Waals surface area contributed by atoms with Gasteiger partial charge in [0.25, 0.3) is 0 Å². The van der Waals surface area contributed by atoms with Gasteiger partial charge in [0.05, 0.1) is 20.2 Å². The van der Waals surface area contributed by atoms with Crippen molar-refractivity contribution in [3.63, 3.8) is 0 Å². The Morgan fingerprint density at radius 2 is 2.13 bits per heavy atom. The van der Waals surface area contributed by atoms with Gasteiger partial charge >= 0.3 is 0 Å². The van der Waals surface area contributed by atoms with Crippen LogP contribution in [0.5, 0.6) is 0 Å². The van der Waals surface area contributed by atoms with Crippen LogP contribution >= 0.6 is 0 Å². The molecule has 0 bridgehead atoms. The summed E-state index contributed by atoms with van der Waals surface area (Å²) < 4.78 is 6.24. The monoisotopic (exact) mass is 206 g/mol. The molecule has 1 unspecified atom stereocenters. The fraction of sp³-hybridized carbons (Fsp3) is 0.538. The number of ether oxygens (including phenoxy) is 1. The average molecular weight is 206 g/mol. The number of aryl methyl sites for hydroxylation is 1. The van der Waals surface area contributed by atoms with Gasteiger partial charge in [-0.2, -0.15) is 0 Å². The third kappa shape index (κ3) is 2.06. The van der Waals surface area contributed by atoms with Gasteiger partial charge in [0.15, 0.2) is 0 Å². The van der Waals surface area contributed by atoms with Crippen LogP contribution in [0.2, 0.25) is 0 Å². The second-order valence-corrected chi connectivity index (χ2v) is 4.57. The maximum atomic E-state index is 5.21. The highest BCUT2D eigenvalue weighted by atomic mass is 16.5.